The van der Waals surface area contributed by atoms with Gasteiger partial charge in [-0.15, -0.1) is 11.3 Å². The molecule has 2 fully saturated rings. The number of likely N-dealkylation sites (tertiary alicyclic amines) is 1. The first-order valence-corrected chi connectivity index (χ1v) is 8.33. The Kier molecular flexibility index (Phi) is 4.22. The maximum atomic E-state index is 10.5. The Labute approximate surface area is 123 Å². The molecule has 0 radical (unpaired) electrons. The Hall–Kier alpha value is -1.13. The fraction of sp³-hybridized carbons (Fsp3) is 0.562. The smallest absolute Gasteiger partial charge is 0.328 e. The van der Waals surface area contributed by atoms with Gasteiger partial charge in [0.05, 0.1) is 0 Å². The number of thiophene rings is 1. The van der Waals surface area contributed by atoms with Gasteiger partial charge in [-0.2, -0.15) is 0 Å². The predicted octanol–water partition coefficient (Wildman–Crippen LogP) is 3.61. The molecule has 0 aromatic carbocycles. The van der Waals surface area contributed by atoms with E-state index in [-0.39, 0.29) is 0 Å². The van der Waals surface area contributed by atoms with E-state index in [2.05, 4.69) is 11.0 Å². The highest BCUT2D eigenvalue weighted by Gasteiger charge is 2.34. The van der Waals surface area contributed by atoms with Crippen molar-refractivity contribution in [3.05, 3.63) is 28.0 Å². The summed E-state index contributed by atoms with van der Waals surface area (Å²) in [5.74, 6) is 0.0395. The molecular formula is C16H21NO2S. The van der Waals surface area contributed by atoms with Crippen LogP contribution in [0.15, 0.2) is 17.5 Å². The summed E-state index contributed by atoms with van der Waals surface area (Å²) in [7, 11) is 0. The summed E-state index contributed by atoms with van der Waals surface area (Å²) in [6.45, 7) is 2.26. The zero-order valence-corrected chi connectivity index (χ0v) is 12.4. The van der Waals surface area contributed by atoms with Gasteiger partial charge in [-0.1, -0.05) is 6.42 Å². The Bertz CT molecular complexity index is 508. The normalized spacial score (nSPS) is 27.0. The van der Waals surface area contributed by atoms with Crippen molar-refractivity contribution >= 4 is 23.4 Å². The predicted molar refractivity (Wildman–Crippen MR) is 81.8 cm³/mol. The average molecular weight is 291 g/mol. The molecule has 2 aliphatic rings. The van der Waals surface area contributed by atoms with Crippen molar-refractivity contribution in [2.45, 2.75) is 44.7 Å². The topological polar surface area (TPSA) is 40.5 Å². The highest BCUT2D eigenvalue weighted by molar-refractivity contribution is 7.10. The van der Waals surface area contributed by atoms with Crippen molar-refractivity contribution in [2.75, 3.05) is 6.54 Å². The molecule has 1 aliphatic heterocycles. The number of hydrogen-bond acceptors (Lipinski definition) is 3. The van der Waals surface area contributed by atoms with Crippen LogP contribution in [0.5, 0.6) is 0 Å². The molecular weight excluding hydrogens is 270 g/mol. The van der Waals surface area contributed by atoms with Crippen molar-refractivity contribution in [2.24, 2.45) is 5.92 Å². The van der Waals surface area contributed by atoms with Crippen LogP contribution in [0.1, 0.15) is 42.5 Å². The maximum absolute atomic E-state index is 10.5. The maximum Gasteiger partial charge on any atom is 0.328 e. The zero-order chi connectivity index (χ0) is 13.9. The van der Waals surface area contributed by atoms with Crippen LogP contribution >= 0.6 is 11.3 Å². The molecule has 1 aliphatic carbocycles. The molecule has 1 aromatic heterocycles. The van der Waals surface area contributed by atoms with Crippen molar-refractivity contribution in [1.82, 2.24) is 4.90 Å². The van der Waals surface area contributed by atoms with Gasteiger partial charge in [0.2, 0.25) is 0 Å². The molecule has 1 N–H and O–H groups in total. The summed E-state index contributed by atoms with van der Waals surface area (Å²) in [6, 6.07) is 2.92. The zero-order valence-electron chi connectivity index (χ0n) is 11.6. The van der Waals surface area contributed by atoms with E-state index in [4.69, 9.17) is 5.11 Å². The van der Waals surface area contributed by atoms with Gasteiger partial charge in [0.15, 0.2) is 0 Å². The van der Waals surface area contributed by atoms with Gasteiger partial charge in [0.25, 0.3) is 0 Å². The van der Waals surface area contributed by atoms with E-state index in [1.165, 1.54) is 49.6 Å². The van der Waals surface area contributed by atoms with Crippen LogP contribution in [-0.4, -0.2) is 28.6 Å². The van der Waals surface area contributed by atoms with E-state index in [0.717, 1.165) is 24.1 Å². The molecule has 0 amide bonds. The molecule has 1 aromatic rings. The van der Waals surface area contributed by atoms with Gasteiger partial charge in [0, 0.05) is 23.5 Å². The van der Waals surface area contributed by atoms with Crippen molar-refractivity contribution in [3.63, 3.8) is 0 Å². The van der Waals surface area contributed by atoms with Crippen LogP contribution in [0.2, 0.25) is 0 Å². The summed E-state index contributed by atoms with van der Waals surface area (Å²) in [5, 5.41) is 10.7. The average Bonchev–Trinajstić information content (AvgIpc) is 3.05. The van der Waals surface area contributed by atoms with Crippen LogP contribution in [0.3, 0.4) is 0 Å². The van der Waals surface area contributed by atoms with Crippen molar-refractivity contribution < 1.29 is 9.90 Å². The van der Waals surface area contributed by atoms with Crippen LogP contribution in [0.25, 0.3) is 6.08 Å². The number of hydrogen-bond donors (Lipinski definition) is 1. The van der Waals surface area contributed by atoms with E-state index < -0.39 is 5.97 Å². The quantitative estimate of drug-likeness (QED) is 0.862. The number of rotatable bonds is 4. The Morgan fingerprint density at radius 1 is 1.40 bits per heavy atom. The molecule has 2 unspecified atom stereocenters. The fourth-order valence-corrected chi connectivity index (χ4v) is 4.57. The van der Waals surface area contributed by atoms with Crippen molar-refractivity contribution in [3.8, 4) is 0 Å². The lowest BCUT2D eigenvalue weighted by molar-refractivity contribution is -0.131. The molecule has 0 spiro atoms. The summed E-state index contributed by atoms with van der Waals surface area (Å²) in [6.07, 6.45) is 9.80. The molecule has 1 saturated carbocycles. The standard InChI is InChI=1S/C16H21NO2S/c18-16(19)7-6-12-9-14(20-11-12)10-17-8-2-4-13-3-1-5-15(13)17/h6-7,9,11,13,15H,1-5,8,10H2,(H,18,19). The van der Waals surface area contributed by atoms with Gasteiger partial charge >= 0.3 is 5.97 Å². The number of carboxylic acid groups (broad SMARTS) is 1. The second-order valence-corrected chi connectivity index (χ2v) is 6.88. The second kappa shape index (κ2) is 6.10. The first kappa shape index (κ1) is 13.8. The fourth-order valence-electron chi connectivity index (χ4n) is 3.69. The summed E-state index contributed by atoms with van der Waals surface area (Å²) < 4.78 is 0. The van der Waals surface area contributed by atoms with Crippen LogP contribution in [0.4, 0.5) is 0 Å². The number of fused-ring (bicyclic) bond motifs is 1. The van der Waals surface area contributed by atoms with E-state index in [9.17, 15) is 4.79 Å². The molecule has 2 heterocycles. The monoisotopic (exact) mass is 291 g/mol. The van der Waals surface area contributed by atoms with Crippen LogP contribution in [-0.2, 0) is 11.3 Å². The SMILES string of the molecule is O=C(O)C=Cc1csc(CN2CCCC3CCCC32)c1. The minimum atomic E-state index is -0.887. The molecule has 108 valence electrons. The van der Waals surface area contributed by atoms with E-state index >= 15 is 0 Å². The van der Waals surface area contributed by atoms with E-state index in [1.807, 2.05) is 5.38 Å². The van der Waals surface area contributed by atoms with Gasteiger partial charge in [-0.05, 0) is 61.2 Å². The second-order valence-electron chi connectivity index (χ2n) is 5.89. The number of nitrogens with zero attached hydrogens (tertiary/aromatic N) is 1. The number of carbonyl (C=O) groups is 1. The Balaban J connectivity index is 1.64. The molecule has 20 heavy (non-hydrogen) atoms. The first-order valence-electron chi connectivity index (χ1n) is 7.45. The molecule has 3 nitrogen and oxygen atoms in total. The van der Waals surface area contributed by atoms with E-state index in [1.54, 1.807) is 17.4 Å². The molecule has 1 saturated heterocycles. The number of carboxylic acids is 1. The van der Waals surface area contributed by atoms with Gasteiger partial charge < -0.3 is 5.11 Å². The lowest BCUT2D eigenvalue weighted by Crippen LogP contribution is -2.41. The van der Waals surface area contributed by atoms with Gasteiger partial charge in [0.1, 0.15) is 0 Å². The summed E-state index contributed by atoms with van der Waals surface area (Å²) in [5.41, 5.74) is 1.01. The van der Waals surface area contributed by atoms with Gasteiger partial charge in [-0.25, -0.2) is 4.79 Å². The summed E-state index contributed by atoms with van der Waals surface area (Å²) in [4.78, 5) is 14.5. The highest BCUT2D eigenvalue weighted by Crippen LogP contribution is 2.37. The third-order valence-corrected chi connectivity index (χ3v) is 5.50. The molecule has 0 bridgehead atoms. The number of aliphatic carboxylic acids is 1. The third-order valence-electron chi connectivity index (χ3n) is 4.56. The molecule has 4 heteroatoms. The van der Waals surface area contributed by atoms with E-state index in [0.29, 0.717) is 0 Å². The molecule has 2 atom stereocenters. The lowest BCUT2D eigenvalue weighted by atomic mass is 9.92. The molecule has 3 rings (SSSR count). The highest BCUT2D eigenvalue weighted by atomic mass is 32.1. The third kappa shape index (κ3) is 3.13. The van der Waals surface area contributed by atoms with Crippen molar-refractivity contribution in [1.29, 1.82) is 0 Å². The Morgan fingerprint density at radius 2 is 2.25 bits per heavy atom. The van der Waals surface area contributed by atoms with Crippen LogP contribution in [0, 0.1) is 5.92 Å². The minimum absolute atomic E-state index is 0.795. The largest absolute Gasteiger partial charge is 0.478 e. The number of piperidine rings is 1. The summed E-state index contributed by atoms with van der Waals surface area (Å²) >= 11 is 1.74. The first-order chi connectivity index (χ1) is 9.72. The minimum Gasteiger partial charge on any atom is -0.478 e. The lowest BCUT2D eigenvalue weighted by Gasteiger charge is -2.37. The van der Waals surface area contributed by atoms with Gasteiger partial charge in [-0.3, -0.25) is 4.90 Å². The Morgan fingerprint density at radius 3 is 3.10 bits per heavy atom. The van der Waals surface area contributed by atoms with Crippen LogP contribution < -0.4 is 0 Å².